The SMILES string of the molecule is Cc1ccc(N(C)CC2CCCN2)c(Br)c1. The fourth-order valence-electron chi connectivity index (χ4n) is 2.26. The first-order chi connectivity index (χ1) is 7.66. The predicted octanol–water partition coefficient (Wildman–Crippen LogP) is 2.95. The summed E-state index contributed by atoms with van der Waals surface area (Å²) in [6.45, 7) is 4.38. The molecule has 1 unspecified atom stereocenters. The van der Waals surface area contributed by atoms with Crippen molar-refractivity contribution >= 4 is 21.6 Å². The van der Waals surface area contributed by atoms with E-state index in [4.69, 9.17) is 0 Å². The summed E-state index contributed by atoms with van der Waals surface area (Å²) in [7, 11) is 2.16. The fourth-order valence-corrected chi connectivity index (χ4v) is 3.06. The predicted molar refractivity (Wildman–Crippen MR) is 73.2 cm³/mol. The van der Waals surface area contributed by atoms with E-state index in [9.17, 15) is 0 Å². The van der Waals surface area contributed by atoms with Gasteiger partial charge in [-0.1, -0.05) is 6.07 Å². The first kappa shape index (κ1) is 11.9. The van der Waals surface area contributed by atoms with Crippen LogP contribution in [0.4, 0.5) is 5.69 Å². The van der Waals surface area contributed by atoms with Gasteiger partial charge in [0, 0.05) is 24.1 Å². The molecule has 0 radical (unpaired) electrons. The van der Waals surface area contributed by atoms with Gasteiger partial charge in [0.2, 0.25) is 0 Å². The van der Waals surface area contributed by atoms with E-state index in [1.807, 2.05) is 0 Å². The lowest BCUT2D eigenvalue weighted by Crippen LogP contribution is -2.35. The monoisotopic (exact) mass is 282 g/mol. The molecular weight excluding hydrogens is 264 g/mol. The van der Waals surface area contributed by atoms with Crippen LogP contribution in [0, 0.1) is 6.92 Å². The van der Waals surface area contributed by atoms with Crippen LogP contribution in [0.2, 0.25) is 0 Å². The molecule has 0 aliphatic carbocycles. The van der Waals surface area contributed by atoms with Gasteiger partial charge in [0.05, 0.1) is 5.69 Å². The van der Waals surface area contributed by atoms with Gasteiger partial charge in [0.25, 0.3) is 0 Å². The molecule has 1 aliphatic rings. The standard InChI is InChI=1S/C13H19BrN2/c1-10-5-6-13(12(14)8-10)16(2)9-11-4-3-7-15-11/h5-6,8,11,15H,3-4,7,9H2,1-2H3. The quantitative estimate of drug-likeness (QED) is 0.917. The van der Waals surface area contributed by atoms with Gasteiger partial charge in [-0.15, -0.1) is 0 Å². The van der Waals surface area contributed by atoms with Gasteiger partial charge >= 0.3 is 0 Å². The Hall–Kier alpha value is -0.540. The van der Waals surface area contributed by atoms with E-state index in [1.165, 1.54) is 35.1 Å². The van der Waals surface area contributed by atoms with Gasteiger partial charge in [-0.05, 0) is 59.9 Å². The molecule has 3 heteroatoms. The van der Waals surface area contributed by atoms with Gasteiger partial charge in [-0.3, -0.25) is 0 Å². The van der Waals surface area contributed by atoms with E-state index >= 15 is 0 Å². The summed E-state index contributed by atoms with van der Waals surface area (Å²) in [5.41, 5.74) is 2.57. The van der Waals surface area contributed by atoms with E-state index in [0.717, 1.165) is 6.54 Å². The van der Waals surface area contributed by atoms with Crippen molar-refractivity contribution in [3.05, 3.63) is 28.2 Å². The summed E-state index contributed by atoms with van der Waals surface area (Å²) in [6.07, 6.45) is 2.61. The van der Waals surface area contributed by atoms with E-state index in [0.29, 0.717) is 6.04 Å². The molecule has 0 aromatic heterocycles. The van der Waals surface area contributed by atoms with Crippen LogP contribution in [-0.4, -0.2) is 26.2 Å². The zero-order valence-electron chi connectivity index (χ0n) is 9.96. The third-order valence-electron chi connectivity index (χ3n) is 3.17. The molecular formula is C13H19BrN2. The Kier molecular flexibility index (Phi) is 3.87. The maximum Gasteiger partial charge on any atom is 0.0508 e. The van der Waals surface area contributed by atoms with Crippen LogP contribution in [0.3, 0.4) is 0 Å². The average molecular weight is 283 g/mol. The topological polar surface area (TPSA) is 15.3 Å². The summed E-state index contributed by atoms with van der Waals surface area (Å²) < 4.78 is 1.19. The number of halogens is 1. The van der Waals surface area contributed by atoms with Crippen molar-refractivity contribution in [1.82, 2.24) is 5.32 Å². The lowest BCUT2D eigenvalue weighted by molar-refractivity contribution is 0.599. The third kappa shape index (κ3) is 2.77. The molecule has 1 saturated heterocycles. The van der Waals surface area contributed by atoms with Crippen LogP contribution in [0.15, 0.2) is 22.7 Å². The summed E-state index contributed by atoms with van der Waals surface area (Å²) in [5.74, 6) is 0. The van der Waals surface area contributed by atoms with Gasteiger partial charge in [-0.2, -0.15) is 0 Å². The second kappa shape index (κ2) is 5.19. The zero-order chi connectivity index (χ0) is 11.5. The number of anilines is 1. The van der Waals surface area contributed by atoms with Crippen molar-refractivity contribution in [2.24, 2.45) is 0 Å². The van der Waals surface area contributed by atoms with Crippen molar-refractivity contribution in [1.29, 1.82) is 0 Å². The molecule has 1 heterocycles. The number of benzene rings is 1. The molecule has 16 heavy (non-hydrogen) atoms. The number of nitrogens with zero attached hydrogens (tertiary/aromatic N) is 1. The smallest absolute Gasteiger partial charge is 0.0508 e. The zero-order valence-corrected chi connectivity index (χ0v) is 11.5. The molecule has 1 aromatic rings. The van der Waals surface area contributed by atoms with E-state index < -0.39 is 0 Å². The van der Waals surface area contributed by atoms with Crippen molar-refractivity contribution in [2.45, 2.75) is 25.8 Å². The van der Waals surface area contributed by atoms with E-state index in [-0.39, 0.29) is 0 Å². The summed E-state index contributed by atoms with van der Waals surface area (Å²) >= 11 is 3.64. The first-order valence-corrected chi connectivity index (χ1v) is 6.67. The minimum absolute atomic E-state index is 0.651. The average Bonchev–Trinajstić information content (AvgIpc) is 2.70. The van der Waals surface area contributed by atoms with Gasteiger partial charge in [-0.25, -0.2) is 0 Å². The number of hydrogen-bond donors (Lipinski definition) is 1. The van der Waals surface area contributed by atoms with Gasteiger partial charge in [0.15, 0.2) is 0 Å². The van der Waals surface area contributed by atoms with Crippen LogP contribution in [0.1, 0.15) is 18.4 Å². The Morgan fingerprint density at radius 1 is 1.50 bits per heavy atom. The summed E-state index contributed by atoms with van der Waals surface area (Å²) in [6, 6.07) is 7.18. The molecule has 0 saturated carbocycles. The van der Waals surface area contributed by atoms with Crippen LogP contribution in [0.5, 0.6) is 0 Å². The number of likely N-dealkylation sites (N-methyl/N-ethyl adjacent to an activating group) is 1. The largest absolute Gasteiger partial charge is 0.372 e. The highest BCUT2D eigenvalue weighted by atomic mass is 79.9. The molecule has 2 nitrogen and oxygen atoms in total. The molecule has 1 N–H and O–H groups in total. The van der Waals surface area contributed by atoms with Crippen LogP contribution < -0.4 is 10.2 Å². The minimum atomic E-state index is 0.651. The molecule has 0 bridgehead atoms. The number of aryl methyl sites for hydroxylation is 1. The molecule has 1 aliphatic heterocycles. The van der Waals surface area contributed by atoms with Crippen LogP contribution in [0.25, 0.3) is 0 Å². The molecule has 1 fully saturated rings. The van der Waals surface area contributed by atoms with Crippen molar-refractivity contribution in [2.75, 3.05) is 25.0 Å². The number of nitrogens with one attached hydrogen (secondary N) is 1. The van der Waals surface area contributed by atoms with Crippen molar-refractivity contribution in [3.8, 4) is 0 Å². The molecule has 1 aromatic carbocycles. The number of hydrogen-bond acceptors (Lipinski definition) is 2. The van der Waals surface area contributed by atoms with Crippen LogP contribution >= 0.6 is 15.9 Å². The van der Waals surface area contributed by atoms with Crippen molar-refractivity contribution in [3.63, 3.8) is 0 Å². The second-order valence-electron chi connectivity index (χ2n) is 4.63. The Bertz CT molecular complexity index is 359. The Balaban J connectivity index is 2.04. The number of rotatable bonds is 3. The second-order valence-corrected chi connectivity index (χ2v) is 5.48. The molecule has 2 rings (SSSR count). The third-order valence-corrected chi connectivity index (χ3v) is 3.81. The maximum absolute atomic E-state index is 3.64. The fraction of sp³-hybridized carbons (Fsp3) is 0.538. The first-order valence-electron chi connectivity index (χ1n) is 5.87. The molecule has 88 valence electrons. The normalized spacial score (nSPS) is 20.1. The molecule has 1 atom stereocenters. The summed E-state index contributed by atoms with van der Waals surface area (Å²) in [4.78, 5) is 2.33. The maximum atomic E-state index is 3.64. The van der Waals surface area contributed by atoms with E-state index in [2.05, 4.69) is 58.3 Å². The lowest BCUT2D eigenvalue weighted by Gasteiger charge is -2.24. The van der Waals surface area contributed by atoms with Crippen molar-refractivity contribution < 1.29 is 0 Å². The summed E-state index contributed by atoms with van der Waals surface area (Å²) in [5, 5.41) is 3.53. The van der Waals surface area contributed by atoms with Gasteiger partial charge < -0.3 is 10.2 Å². The van der Waals surface area contributed by atoms with Crippen LogP contribution in [-0.2, 0) is 0 Å². The highest BCUT2D eigenvalue weighted by Gasteiger charge is 2.16. The van der Waals surface area contributed by atoms with E-state index in [1.54, 1.807) is 0 Å². The Morgan fingerprint density at radius 3 is 2.94 bits per heavy atom. The molecule has 0 spiro atoms. The highest BCUT2D eigenvalue weighted by Crippen LogP contribution is 2.26. The minimum Gasteiger partial charge on any atom is -0.372 e. The van der Waals surface area contributed by atoms with Gasteiger partial charge in [0.1, 0.15) is 0 Å². The Morgan fingerprint density at radius 2 is 2.31 bits per heavy atom. The molecule has 0 amide bonds. The highest BCUT2D eigenvalue weighted by molar-refractivity contribution is 9.10. The Labute approximate surface area is 106 Å². The lowest BCUT2D eigenvalue weighted by atomic mass is 10.2.